The summed E-state index contributed by atoms with van der Waals surface area (Å²) in [5, 5.41) is 2.85. The molecular formula is C12H14ClNO2. The third-order valence-electron chi connectivity index (χ3n) is 2.69. The summed E-state index contributed by atoms with van der Waals surface area (Å²) in [6, 6.07) is 9.98. The van der Waals surface area contributed by atoms with Gasteiger partial charge in [0, 0.05) is 12.6 Å². The Bertz CT molecular complexity index is 355. The van der Waals surface area contributed by atoms with Crippen LogP contribution in [0.5, 0.6) is 0 Å². The standard InChI is InChI=1S/C12H14ClNO2/c13-12(15)11-10(14-6-7-16-11)8-9-4-2-1-3-5-9/h1-5,10-11,14H,6-8H2. The number of carbonyl (C=O) groups excluding carboxylic acids is 1. The lowest BCUT2D eigenvalue weighted by molar-refractivity contribution is -0.126. The zero-order chi connectivity index (χ0) is 11.4. The molecule has 0 aliphatic carbocycles. The predicted octanol–water partition coefficient (Wildman–Crippen LogP) is 1.35. The van der Waals surface area contributed by atoms with Crippen molar-refractivity contribution in [2.24, 2.45) is 0 Å². The largest absolute Gasteiger partial charge is 0.366 e. The van der Waals surface area contributed by atoms with Crippen molar-refractivity contribution in [1.29, 1.82) is 0 Å². The minimum Gasteiger partial charge on any atom is -0.366 e. The van der Waals surface area contributed by atoms with Gasteiger partial charge in [0.2, 0.25) is 0 Å². The number of morpholine rings is 1. The highest BCUT2D eigenvalue weighted by atomic mass is 35.5. The normalized spacial score (nSPS) is 25.3. The first kappa shape index (κ1) is 11.6. The Morgan fingerprint density at radius 3 is 2.88 bits per heavy atom. The second-order valence-corrected chi connectivity index (χ2v) is 4.22. The Kier molecular flexibility index (Phi) is 3.93. The summed E-state index contributed by atoms with van der Waals surface area (Å²) < 4.78 is 5.38. The summed E-state index contributed by atoms with van der Waals surface area (Å²) in [5.41, 5.74) is 1.17. The average molecular weight is 240 g/mol. The highest BCUT2D eigenvalue weighted by molar-refractivity contribution is 6.64. The topological polar surface area (TPSA) is 38.3 Å². The molecule has 1 N–H and O–H groups in total. The maximum atomic E-state index is 11.2. The second-order valence-electron chi connectivity index (χ2n) is 3.85. The van der Waals surface area contributed by atoms with Crippen LogP contribution in [0.25, 0.3) is 0 Å². The number of hydrogen-bond donors (Lipinski definition) is 1. The van der Waals surface area contributed by atoms with Gasteiger partial charge in [-0.05, 0) is 23.6 Å². The summed E-state index contributed by atoms with van der Waals surface area (Å²) in [6.07, 6.45) is 0.222. The molecule has 0 bridgehead atoms. The van der Waals surface area contributed by atoms with Crippen molar-refractivity contribution in [2.45, 2.75) is 18.6 Å². The van der Waals surface area contributed by atoms with Crippen LogP contribution in [0.1, 0.15) is 5.56 Å². The molecule has 86 valence electrons. The fraction of sp³-hybridized carbons (Fsp3) is 0.417. The fourth-order valence-corrected chi connectivity index (χ4v) is 2.14. The zero-order valence-corrected chi connectivity index (χ0v) is 9.61. The first-order valence-electron chi connectivity index (χ1n) is 5.35. The molecule has 0 amide bonds. The molecule has 1 heterocycles. The van der Waals surface area contributed by atoms with Crippen LogP contribution in [0.4, 0.5) is 0 Å². The Balaban J connectivity index is 2.04. The fourth-order valence-electron chi connectivity index (χ4n) is 1.92. The lowest BCUT2D eigenvalue weighted by atomic mass is 10.0. The summed E-state index contributed by atoms with van der Waals surface area (Å²) in [6.45, 7) is 1.30. The Hall–Kier alpha value is -0.900. The smallest absolute Gasteiger partial charge is 0.252 e. The summed E-state index contributed by atoms with van der Waals surface area (Å²) in [4.78, 5) is 11.2. The van der Waals surface area contributed by atoms with E-state index in [0.29, 0.717) is 6.61 Å². The van der Waals surface area contributed by atoms with Gasteiger partial charge in [-0.2, -0.15) is 0 Å². The van der Waals surface area contributed by atoms with Crippen LogP contribution in [-0.4, -0.2) is 30.5 Å². The predicted molar refractivity (Wildman–Crippen MR) is 62.5 cm³/mol. The maximum absolute atomic E-state index is 11.2. The minimum absolute atomic E-state index is 0.0267. The van der Waals surface area contributed by atoms with E-state index >= 15 is 0 Å². The summed E-state index contributed by atoms with van der Waals surface area (Å²) in [5.74, 6) is 0. The van der Waals surface area contributed by atoms with E-state index < -0.39 is 11.3 Å². The molecule has 0 spiro atoms. The molecular weight excluding hydrogens is 226 g/mol. The molecule has 0 aromatic heterocycles. The van der Waals surface area contributed by atoms with Gasteiger partial charge in [0.05, 0.1) is 6.61 Å². The molecule has 1 aliphatic rings. The van der Waals surface area contributed by atoms with E-state index in [0.717, 1.165) is 13.0 Å². The summed E-state index contributed by atoms with van der Waals surface area (Å²) in [7, 11) is 0. The van der Waals surface area contributed by atoms with Crippen LogP contribution in [-0.2, 0) is 16.0 Å². The molecule has 1 aromatic rings. The average Bonchev–Trinajstić information content (AvgIpc) is 2.31. The molecule has 0 saturated carbocycles. The van der Waals surface area contributed by atoms with E-state index in [9.17, 15) is 4.79 Å². The molecule has 1 saturated heterocycles. The van der Waals surface area contributed by atoms with Crippen LogP contribution < -0.4 is 5.32 Å². The molecule has 2 rings (SSSR count). The molecule has 4 heteroatoms. The van der Waals surface area contributed by atoms with E-state index in [2.05, 4.69) is 5.32 Å². The number of hydrogen-bond acceptors (Lipinski definition) is 3. The van der Waals surface area contributed by atoms with Crippen LogP contribution in [0.2, 0.25) is 0 Å². The minimum atomic E-state index is -0.532. The van der Waals surface area contributed by atoms with Gasteiger partial charge in [-0.15, -0.1) is 0 Å². The van der Waals surface area contributed by atoms with Crippen molar-refractivity contribution in [3.8, 4) is 0 Å². The number of ether oxygens (including phenoxy) is 1. The maximum Gasteiger partial charge on any atom is 0.252 e. The van der Waals surface area contributed by atoms with E-state index in [1.165, 1.54) is 5.56 Å². The molecule has 0 radical (unpaired) electrons. The Morgan fingerprint density at radius 1 is 1.44 bits per heavy atom. The monoisotopic (exact) mass is 239 g/mol. The zero-order valence-electron chi connectivity index (χ0n) is 8.86. The van der Waals surface area contributed by atoms with Gasteiger partial charge in [0.1, 0.15) is 6.10 Å². The first-order valence-corrected chi connectivity index (χ1v) is 5.73. The lowest BCUT2D eigenvalue weighted by Gasteiger charge is -2.30. The van der Waals surface area contributed by atoms with Crippen molar-refractivity contribution in [3.63, 3.8) is 0 Å². The molecule has 2 atom stereocenters. The van der Waals surface area contributed by atoms with Crippen molar-refractivity contribution in [3.05, 3.63) is 35.9 Å². The molecule has 2 unspecified atom stereocenters. The number of carbonyl (C=O) groups is 1. The SMILES string of the molecule is O=C(Cl)C1OCCNC1Cc1ccccc1. The third kappa shape index (κ3) is 2.82. The Morgan fingerprint density at radius 2 is 2.19 bits per heavy atom. The van der Waals surface area contributed by atoms with Gasteiger partial charge in [0.15, 0.2) is 0 Å². The van der Waals surface area contributed by atoms with Gasteiger partial charge in [-0.3, -0.25) is 4.79 Å². The molecule has 16 heavy (non-hydrogen) atoms. The molecule has 1 aromatic carbocycles. The van der Waals surface area contributed by atoms with Gasteiger partial charge >= 0.3 is 0 Å². The quantitative estimate of drug-likeness (QED) is 0.810. The van der Waals surface area contributed by atoms with Crippen molar-refractivity contribution in [2.75, 3.05) is 13.2 Å². The van der Waals surface area contributed by atoms with E-state index in [4.69, 9.17) is 16.3 Å². The number of rotatable bonds is 3. The lowest BCUT2D eigenvalue weighted by Crippen LogP contribution is -2.52. The van der Waals surface area contributed by atoms with Crippen molar-refractivity contribution >= 4 is 16.8 Å². The van der Waals surface area contributed by atoms with Crippen LogP contribution in [0.15, 0.2) is 30.3 Å². The first-order chi connectivity index (χ1) is 7.77. The van der Waals surface area contributed by atoms with Gasteiger partial charge in [-0.1, -0.05) is 30.3 Å². The molecule has 1 aliphatic heterocycles. The van der Waals surface area contributed by atoms with Gasteiger partial charge in [-0.25, -0.2) is 0 Å². The van der Waals surface area contributed by atoms with Gasteiger partial charge < -0.3 is 10.1 Å². The van der Waals surface area contributed by atoms with E-state index in [1.54, 1.807) is 0 Å². The third-order valence-corrected chi connectivity index (χ3v) is 2.91. The summed E-state index contributed by atoms with van der Waals surface area (Å²) >= 11 is 5.51. The number of halogens is 1. The highest BCUT2D eigenvalue weighted by Gasteiger charge is 2.30. The Labute approximate surface area is 99.7 Å². The number of benzene rings is 1. The van der Waals surface area contributed by atoms with Crippen LogP contribution in [0.3, 0.4) is 0 Å². The highest BCUT2D eigenvalue weighted by Crippen LogP contribution is 2.13. The van der Waals surface area contributed by atoms with E-state index in [1.807, 2.05) is 30.3 Å². The van der Waals surface area contributed by atoms with Gasteiger partial charge in [0.25, 0.3) is 5.24 Å². The second kappa shape index (κ2) is 5.43. The number of nitrogens with one attached hydrogen (secondary N) is 1. The van der Waals surface area contributed by atoms with Crippen molar-refractivity contribution in [1.82, 2.24) is 5.32 Å². The van der Waals surface area contributed by atoms with E-state index in [-0.39, 0.29) is 6.04 Å². The molecule has 1 fully saturated rings. The van der Waals surface area contributed by atoms with Crippen LogP contribution >= 0.6 is 11.6 Å². The van der Waals surface area contributed by atoms with Crippen molar-refractivity contribution < 1.29 is 9.53 Å². The molecule has 3 nitrogen and oxygen atoms in total. The van der Waals surface area contributed by atoms with Crippen LogP contribution in [0, 0.1) is 0 Å².